The van der Waals surface area contributed by atoms with Gasteiger partial charge in [0.15, 0.2) is 0 Å². The van der Waals surface area contributed by atoms with E-state index in [1.54, 1.807) is 55.5 Å². The van der Waals surface area contributed by atoms with Crippen molar-refractivity contribution in [2.75, 3.05) is 18.5 Å². The number of anilines is 1. The zero-order valence-electron chi connectivity index (χ0n) is 16.7. The molecule has 0 saturated carbocycles. The van der Waals surface area contributed by atoms with Crippen LogP contribution in [0.3, 0.4) is 0 Å². The second-order valence-corrected chi connectivity index (χ2v) is 7.80. The van der Waals surface area contributed by atoms with E-state index in [9.17, 15) is 15.0 Å². The summed E-state index contributed by atoms with van der Waals surface area (Å²) in [4.78, 5) is 21.2. The van der Waals surface area contributed by atoms with Gasteiger partial charge in [-0.25, -0.2) is 9.97 Å². The van der Waals surface area contributed by atoms with Crippen molar-refractivity contribution in [2.45, 2.75) is 19.0 Å². The molecule has 0 saturated heterocycles. The maximum Gasteiger partial charge on any atom is 0.251 e. The van der Waals surface area contributed by atoms with Gasteiger partial charge in [0.1, 0.15) is 0 Å². The van der Waals surface area contributed by atoms with Gasteiger partial charge in [-0.05, 0) is 36.8 Å². The number of rotatable bonds is 8. The summed E-state index contributed by atoms with van der Waals surface area (Å²) in [5.74, 6) is 0.00793. The highest BCUT2D eigenvalue weighted by molar-refractivity contribution is 6.33. The van der Waals surface area contributed by atoms with Crippen LogP contribution >= 0.6 is 23.2 Å². The van der Waals surface area contributed by atoms with E-state index in [1.807, 2.05) is 0 Å². The number of nitrogens with one attached hydrogen (secondary N) is 2. The lowest BCUT2D eigenvalue weighted by Crippen LogP contribution is -2.30. The van der Waals surface area contributed by atoms with Crippen molar-refractivity contribution in [3.63, 3.8) is 0 Å². The predicted octanol–water partition coefficient (Wildman–Crippen LogP) is 3.71. The summed E-state index contributed by atoms with van der Waals surface area (Å²) in [6.45, 7) is 1.48. The lowest BCUT2D eigenvalue weighted by atomic mass is 10.1. The third-order valence-electron chi connectivity index (χ3n) is 4.55. The van der Waals surface area contributed by atoms with Crippen LogP contribution in [0.2, 0.25) is 10.0 Å². The fourth-order valence-electron chi connectivity index (χ4n) is 2.88. The number of aliphatic hydroxyl groups is 2. The third-order valence-corrected chi connectivity index (χ3v) is 5.06. The first-order valence-corrected chi connectivity index (χ1v) is 10.3. The Hall–Kier alpha value is -2.71. The summed E-state index contributed by atoms with van der Waals surface area (Å²) in [5, 5.41) is 25.5. The number of hydrogen-bond acceptors (Lipinski definition) is 6. The van der Waals surface area contributed by atoms with Crippen LogP contribution in [0.25, 0.3) is 11.3 Å². The zero-order chi connectivity index (χ0) is 22.4. The molecule has 1 aromatic heterocycles. The fraction of sp³-hybridized carbons (Fsp3) is 0.227. The molecule has 0 aliphatic heterocycles. The molecule has 1 unspecified atom stereocenters. The van der Waals surface area contributed by atoms with E-state index in [0.29, 0.717) is 38.4 Å². The quantitative estimate of drug-likeness (QED) is 0.408. The summed E-state index contributed by atoms with van der Waals surface area (Å²) in [5.41, 5.74) is 2.34. The highest BCUT2D eigenvalue weighted by atomic mass is 35.5. The summed E-state index contributed by atoms with van der Waals surface area (Å²) in [6.07, 6.45) is 1.48. The highest BCUT2D eigenvalue weighted by Crippen LogP contribution is 2.27. The average Bonchev–Trinajstić information content (AvgIpc) is 2.78. The summed E-state index contributed by atoms with van der Waals surface area (Å²) in [7, 11) is 0. The number of nitrogens with zero attached hydrogens (tertiary/aromatic N) is 2. The summed E-state index contributed by atoms with van der Waals surface area (Å²) in [6, 6.07) is 13.0. The van der Waals surface area contributed by atoms with Crippen LogP contribution in [0.15, 0.2) is 54.7 Å². The topological polar surface area (TPSA) is 107 Å². The smallest absolute Gasteiger partial charge is 0.251 e. The lowest BCUT2D eigenvalue weighted by molar-refractivity contribution is 0.0916. The SMILES string of the molecule is C[C@@H](CO)Nc1ncc(Cl)c(-c2ccc(C(=O)NC(CO)c3cccc(Cl)c3)cc2)n1. The molecule has 0 aliphatic carbocycles. The molecule has 2 atom stereocenters. The molecule has 1 heterocycles. The minimum absolute atomic E-state index is 0.0604. The molecule has 0 radical (unpaired) electrons. The normalized spacial score (nSPS) is 12.8. The van der Waals surface area contributed by atoms with Gasteiger partial charge in [-0.1, -0.05) is 47.5 Å². The van der Waals surface area contributed by atoms with E-state index in [4.69, 9.17) is 23.2 Å². The van der Waals surface area contributed by atoms with Crippen molar-refractivity contribution in [1.82, 2.24) is 15.3 Å². The van der Waals surface area contributed by atoms with E-state index < -0.39 is 6.04 Å². The molecule has 31 heavy (non-hydrogen) atoms. The highest BCUT2D eigenvalue weighted by Gasteiger charge is 2.16. The Bertz CT molecular complexity index is 1050. The molecule has 9 heteroatoms. The number of halogens is 2. The van der Waals surface area contributed by atoms with Crippen LogP contribution in [0.5, 0.6) is 0 Å². The molecule has 3 rings (SSSR count). The van der Waals surface area contributed by atoms with Crippen molar-refractivity contribution >= 4 is 35.1 Å². The molecule has 0 aliphatic rings. The number of aliphatic hydroxyl groups excluding tert-OH is 2. The van der Waals surface area contributed by atoms with Gasteiger partial charge >= 0.3 is 0 Å². The Kier molecular flexibility index (Phi) is 7.81. The zero-order valence-corrected chi connectivity index (χ0v) is 18.2. The largest absolute Gasteiger partial charge is 0.394 e. The second-order valence-electron chi connectivity index (χ2n) is 6.96. The van der Waals surface area contributed by atoms with Crippen LogP contribution in [-0.4, -0.2) is 45.3 Å². The lowest BCUT2D eigenvalue weighted by Gasteiger charge is -2.17. The number of amides is 1. The monoisotopic (exact) mass is 460 g/mol. The number of hydrogen-bond donors (Lipinski definition) is 4. The molecular formula is C22H22Cl2N4O3. The predicted molar refractivity (Wildman–Crippen MR) is 121 cm³/mol. The van der Waals surface area contributed by atoms with Gasteiger partial charge in [-0.15, -0.1) is 0 Å². The average molecular weight is 461 g/mol. The van der Waals surface area contributed by atoms with E-state index in [2.05, 4.69) is 20.6 Å². The van der Waals surface area contributed by atoms with Crippen molar-refractivity contribution in [2.24, 2.45) is 0 Å². The van der Waals surface area contributed by atoms with Gasteiger partial charge in [0.25, 0.3) is 5.91 Å². The molecule has 0 spiro atoms. The van der Waals surface area contributed by atoms with Gasteiger partial charge in [0.05, 0.1) is 36.2 Å². The number of carbonyl (C=O) groups is 1. The third kappa shape index (κ3) is 5.92. The molecular weight excluding hydrogens is 439 g/mol. The standard InChI is InChI=1S/C22H22Cl2N4O3/c1-13(11-29)26-22-25-10-18(24)20(28-22)14-5-7-15(8-6-14)21(31)27-19(12-30)16-3-2-4-17(23)9-16/h2-10,13,19,29-30H,11-12H2,1H3,(H,27,31)(H,25,26,28)/t13-,19?/m0/s1. The number of carbonyl (C=O) groups excluding carboxylic acids is 1. The van der Waals surface area contributed by atoms with Crippen LogP contribution in [0, 0.1) is 0 Å². The van der Waals surface area contributed by atoms with E-state index in [1.165, 1.54) is 6.20 Å². The molecule has 3 aromatic rings. The Morgan fingerprint density at radius 1 is 1.10 bits per heavy atom. The Balaban J connectivity index is 1.76. The van der Waals surface area contributed by atoms with Gasteiger partial charge in [-0.2, -0.15) is 0 Å². The minimum Gasteiger partial charge on any atom is -0.394 e. The van der Waals surface area contributed by atoms with Crippen LogP contribution in [-0.2, 0) is 0 Å². The first kappa shape index (κ1) is 23.0. The molecule has 1 amide bonds. The molecule has 0 fully saturated rings. The van der Waals surface area contributed by atoms with Gasteiger partial charge in [0.2, 0.25) is 5.95 Å². The first-order valence-electron chi connectivity index (χ1n) is 9.58. The molecule has 2 aromatic carbocycles. The van der Waals surface area contributed by atoms with Crippen molar-refractivity contribution < 1.29 is 15.0 Å². The minimum atomic E-state index is -0.579. The maximum absolute atomic E-state index is 12.7. The first-order chi connectivity index (χ1) is 14.9. The van der Waals surface area contributed by atoms with Gasteiger partial charge < -0.3 is 20.8 Å². The van der Waals surface area contributed by atoms with E-state index in [-0.39, 0.29) is 25.2 Å². The van der Waals surface area contributed by atoms with Gasteiger partial charge in [-0.3, -0.25) is 4.79 Å². The fourth-order valence-corrected chi connectivity index (χ4v) is 3.28. The van der Waals surface area contributed by atoms with Crippen LogP contribution in [0.1, 0.15) is 28.9 Å². The molecule has 162 valence electrons. The van der Waals surface area contributed by atoms with E-state index >= 15 is 0 Å². The summed E-state index contributed by atoms with van der Waals surface area (Å²) < 4.78 is 0. The van der Waals surface area contributed by atoms with Gasteiger partial charge in [0, 0.05) is 22.2 Å². The van der Waals surface area contributed by atoms with Crippen molar-refractivity contribution in [1.29, 1.82) is 0 Å². The Morgan fingerprint density at radius 2 is 1.84 bits per heavy atom. The number of aromatic nitrogens is 2. The maximum atomic E-state index is 12.7. The van der Waals surface area contributed by atoms with Crippen LogP contribution in [0.4, 0.5) is 5.95 Å². The van der Waals surface area contributed by atoms with Crippen LogP contribution < -0.4 is 10.6 Å². The molecule has 4 N–H and O–H groups in total. The van der Waals surface area contributed by atoms with Crippen molar-refractivity contribution in [3.8, 4) is 11.3 Å². The number of benzene rings is 2. The van der Waals surface area contributed by atoms with Crippen molar-refractivity contribution in [3.05, 3.63) is 75.9 Å². The molecule has 0 bridgehead atoms. The Labute approximate surface area is 190 Å². The Morgan fingerprint density at radius 3 is 2.48 bits per heavy atom. The second kappa shape index (κ2) is 10.5. The van der Waals surface area contributed by atoms with E-state index in [0.717, 1.165) is 0 Å². The molecule has 7 nitrogen and oxygen atoms in total. The summed E-state index contributed by atoms with van der Waals surface area (Å²) >= 11 is 12.3.